The Morgan fingerprint density at radius 3 is 2.87 bits per heavy atom. The molecule has 0 radical (unpaired) electrons. The number of nitrogens with zero attached hydrogens (tertiary/aromatic N) is 1. The number of hydrogen-bond acceptors (Lipinski definition) is 6. The van der Waals surface area contributed by atoms with Crippen LogP contribution in [0.3, 0.4) is 0 Å². The summed E-state index contributed by atoms with van der Waals surface area (Å²) in [6, 6.07) is 9.42. The molecule has 1 aliphatic rings. The molecule has 7 nitrogen and oxygen atoms in total. The summed E-state index contributed by atoms with van der Waals surface area (Å²) < 4.78 is 5.02. The van der Waals surface area contributed by atoms with Gasteiger partial charge in [-0.1, -0.05) is 24.3 Å². The normalized spacial score (nSPS) is 12.8. The Balaban J connectivity index is 1.37. The van der Waals surface area contributed by atoms with Crippen molar-refractivity contribution in [1.82, 2.24) is 4.98 Å². The van der Waals surface area contributed by atoms with E-state index in [4.69, 9.17) is 10.5 Å². The fraction of sp³-hybridized carbons (Fsp3) is 0.182. The predicted octanol–water partition coefficient (Wildman–Crippen LogP) is 3.08. The highest BCUT2D eigenvalue weighted by Crippen LogP contribution is 2.38. The second kappa shape index (κ2) is 8.46. The van der Waals surface area contributed by atoms with Gasteiger partial charge in [-0.2, -0.15) is 0 Å². The van der Waals surface area contributed by atoms with Gasteiger partial charge in [0.15, 0.2) is 6.61 Å². The number of hydrogen-bond donors (Lipinski definition) is 2. The molecule has 2 heterocycles. The van der Waals surface area contributed by atoms with E-state index in [1.54, 1.807) is 12.3 Å². The average molecular weight is 421 g/mol. The highest BCUT2D eigenvalue weighted by atomic mass is 32.1. The minimum absolute atomic E-state index is 0.371. The molecule has 0 fully saturated rings. The number of carbonyl (C=O) groups is 3. The summed E-state index contributed by atoms with van der Waals surface area (Å²) in [4.78, 5) is 41.4. The maximum atomic E-state index is 12.2. The highest BCUT2D eigenvalue weighted by Gasteiger charge is 2.26. The van der Waals surface area contributed by atoms with Gasteiger partial charge < -0.3 is 15.8 Å². The molecule has 0 bridgehead atoms. The monoisotopic (exact) mass is 421 g/mol. The lowest BCUT2D eigenvalue weighted by Crippen LogP contribution is -2.22. The van der Waals surface area contributed by atoms with Crippen molar-refractivity contribution in [3.63, 3.8) is 0 Å². The molecule has 0 atom stereocenters. The van der Waals surface area contributed by atoms with Crippen LogP contribution in [-0.4, -0.2) is 29.4 Å². The number of nitrogens with two attached hydrogens (primary N) is 1. The average Bonchev–Trinajstić information content (AvgIpc) is 3.31. The zero-order valence-corrected chi connectivity index (χ0v) is 16.8. The second-order valence-electron chi connectivity index (χ2n) is 6.84. The third kappa shape index (κ3) is 4.08. The summed E-state index contributed by atoms with van der Waals surface area (Å²) in [5, 5.41) is 4.02. The lowest BCUT2D eigenvalue weighted by Gasteiger charge is -2.06. The summed E-state index contributed by atoms with van der Waals surface area (Å²) in [5.74, 6) is -1.73. The number of ether oxygens (including phenoxy) is 1. The number of rotatable bonds is 6. The van der Waals surface area contributed by atoms with Crippen LogP contribution < -0.4 is 11.1 Å². The molecule has 8 heteroatoms. The van der Waals surface area contributed by atoms with Gasteiger partial charge in [-0.3, -0.25) is 14.6 Å². The standard InChI is InChI=1S/C22H19N3O4S/c23-21(28)19-15-7-2-8-16(15)30-22(19)25-17(26)12-29-18(27)10-9-14-5-1-4-13-6-3-11-24-20(13)14/h1,3-6,9-11H,2,7-8,12H2,(H2,23,28)(H,25,26)/b10-9+. The van der Waals surface area contributed by atoms with Gasteiger partial charge in [0.1, 0.15) is 5.00 Å². The number of esters is 1. The molecule has 1 aliphatic carbocycles. The van der Waals surface area contributed by atoms with Crippen molar-refractivity contribution in [3.8, 4) is 0 Å². The van der Waals surface area contributed by atoms with Crippen LogP contribution in [-0.2, 0) is 27.2 Å². The molecular formula is C22H19N3O4S. The number of anilines is 1. The van der Waals surface area contributed by atoms with E-state index in [1.165, 1.54) is 17.4 Å². The number of pyridine rings is 1. The first-order valence-electron chi connectivity index (χ1n) is 9.45. The van der Waals surface area contributed by atoms with Crippen molar-refractivity contribution in [2.75, 3.05) is 11.9 Å². The molecule has 0 spiro atoms. The molecule has 3 aromatic rings. The maximum Gasteiger partial charge on any atom is 0.331 e. The molecule has 0 unspecified atom stereocenters. The van der Waals surface area contributed by atoms with Crippen LogP contribution in [0.2, 0.25) is 0 Å². The predicted molar refractivity (Wildman–Crippen MR) is 115 cm³/mol. The quantitative estimate of drug-likeness (QED) is 0.469. The first-order chi connectivity index (χ1) is 14.5. The fourth-order valence-electron chi connectivity index (χ4n) is 3.52. The van der Waals surface area contributed by atoms with Crippen LogP contribution in [0.25, 0.3) is 17.0 Å². The van der Waals surface area contributed by atoms with Gasteiger partial charge >= 0.3 is 5.97 Å². The molecule has 1 aromatic carbocycles. The minimum atomic E-state index is -0.651. The van der Waals surface area contributed by atoms with Crippen LogP contribution in [0.4, 0.5) is 5.00 Å². The van der Waals surface area contributed by atoms with Crippen molar-refractivity contribution in [2.45, 2.75) is 19.3 Å². The fourth-order valence-corrected chi connectivity index (χ4v) is 4.83. The minimum Gasteiger partial charge on any atom is -0.452 e. The van der Waals surface area contributed by atoms with Crippen molar-refractivity contribution in [3.05, 3.63) is 64.2 Å². The van der Waals surface area contributed by atoms with E-state index in [1.807, 2.05) is 30.3 Å². The number of amides is 2. The maximum absolute atomic E-state index is 12.2. The molecule has 152 valence electrons. The summed E-state index contributed by atoms with van der Waals surface area (Å²) in [5.41, 5.74) is 8.32. The van der Waals surface area contributed by atoms with Gasteiger partial charge in [0.05, 0.1) is 11.1 Å². The third-order valence-corrected chi connectivity index (χ3v) is 6.04. The zero-order chi connectivity index (χ0) is 21.1. The van der Waals surface area contributed by atoms with E-state index in [2.05, 4.69) is 10.3 Å². The Hall–Kier alpha value is -3.52. The Bertz CT molecular complexity index is 1180. The number of benzene rings is 1. The molecule has 30 heavy (non-hydrogen) atoms. The van der Waals surface area contributed by atoms with Crippen molar-refractivity contribution in [1.29, 1.82) is 0 Å². The lowest BCUT2D eigenvalue weighted by atomic mass is 10.1. The van der Waals surface area contributed by atoms with Crippen LogP contribution in [0, 0.1) is 0 Å². The zero-order valence-electron chi connectivity index (χ0n) is 16.0. The van der Waals surface area contributed by atoms with Gasteiger partial charge in [-0.15, -0.1) is 11.3 Å². The van der Waals surface area contributed by atoms with E-state index >= 15 is 0 Å². The SMILES string of the molecule is NC(=O)c1c(NC(=O)COC(=O)/C=C/c2cccc3cccnc23)sc2c1CCC2. The van der Waals surface area contributed by atoms with Crippen LogP contribution in [0.15, 0.2) is 42.6 Å². The lowest BCUT2D eigenvalue weighted by molar-refractivity contribution is -0.142. The molecule has 0 aliphatic heterocycles. The number of aryl methyl sites for hydroxylation is 1. The number of para-hydroxylation sites is 1. The molecule has 2 amide bonds. The number of thiophene rings is 1. The summed E-state index contributed by atoms with van der Waals surface area (Å²) >= 11 is 1.35. The smallest absolute Gasteiger partial charge is 0.331 e. The van der Waals surface area contributed by atoms with E-state index in [-0.39, 0.29) is 0 Å². The summed E-state index contributed by atoms with van der Waals surface area (Å²) in [7, 11) is 0. The molecular weight excluding hydrogens is 402 g/mol. The van der Waals surface area contributed by atoms with Gasteiger partial charge in [0, 0.05) is 28.1 Å². The number of aromatic nitrogens is 1. The van der Waals surface area contributed by atoms with Crippen LogP contribution in [0.5, 0.6) is 0 Å². The summed E-state index contributed by atoms with van der Waals surface area (Å²) in [6.45, 7) is -0.461. The van der Waals surface area contributed by atoms with Gasteiger partial charge in [-0.25, -0.2) is 4.79 Å². The number of nitrogens with one attached hydrogen (secondary N) is 1. The topological polar surface area (TPSA) is 111 Å². The van der Waals surface area contributed by atoms with E-state index in [9.17, 15) is 14.4 Å². The Morgan fingerprint density at radius 2 is 2.03 bits per heavy atom. The first-order valence-corrected chi connectivity index (χ1v) is 10.3. The second-order valence-corrected chi connectivity index (χ2v) is 7.94. The Morgan fingerprint density at radius 1 is 1.20 bits per heavy atom. The van der Waals surface area contributed by atoms with Crippen LogP contribution >= 0.6 is 11.3 Å². The number of carbonyl (C=O) groups excluding carboxylic acids is 3. The van der Waals surface area contributed by atoms with Gasteiger partial charge in [0.2, 0.25) is 0 Å². The summed E-state index contributed by atoms with van der Waals surface area (Å²) in [6.07, 6.45) is 7.17. The number of primary amides is 1. The number of fused-ring (bicyclic) bond motifs is 2. The van der Waals surface area contributed by atoms with Crippen molar-refractivity contribution < 1.29 is 19.1 Å². The molecule has 3 N–H and O–H groups in total. The first kappa shape index (κ1) is 19.8. The van der Waals surface area contributed by atoms with E-state index < -0.39 is 24.4 Å². The molecule has 4 rings (SSSR count). The molecule has 0 saturated heterocycles. The van der Waals surface area contributed by atoms with Crippen molar-refractivity contribution >= 4 is 51.1 Å². The van der Waals surface area contributed by atoms with E-state index in [0.717, 1.165) is 46.2 Å². The molecule has 0 saturated carbocycles. The largest absolute Gasteiger partial charge is 0.452 e. The van der Waals surface area contributed by atoms with Gasteiger partial charge in [0.25, 0.3) is 11.8 Å². The Kier molecular flexibility index (Phi) is 5.58. The molecule has 2 aromatic heterocycles. The van der Waals surface area contributed by atoms with Crippen molar-refractivity contribution in [2.24, 2.45) is 5.73 Å². The van der Waals surface area contributed by atoms with Gasteiger partial charge in [-0.05, 0) is 37.0 Å². The highest BCUT2D eigenvalue weighted by molar-refractivity contribution is 7.17. The third-order valence-electron chi connectivity index (χ3n) is 4.83. The Labute approximate surface area is 176 Å². The van der Waals surface area contributed by atoms with Crippen LogP contribution in [0.1, 0.15) is 32.8 Å². The van der Waals surface area contributed by atoms with E-state index in [0.29, 0.717) is 10.6 Å².